The van der Waals surface area contributed by atoms with Crippen LogP contribution in [-0.2, 0) is 11.3 Å². The highest BCUT2D eigenvalue weighted by molar-refractivity contribution is 5.49. The molecule has 0 saturated carbocycles. The molecular weight excluding hydrogens is 306 g/mol. The minimum Gasteiger partial charge on any atom is -0.467 e. The molecule has 7 heteroatoms. The first-order valence-electron chi connectivity index (χ1n) is 8.25. The summed E-state index contributed by atoms with van der Waals surface area (Å²) in [5, 5.41) is 4.36. The van der Waals surface area contributed by atoms with Crippen LogP contribution < -0.4 is 4.90 Å². The molecule has 7 nitrogen and oxygen atoms in total. The van der Waals surface area contributed by atoms with E-state index in [4.69, 9.17) is 9.15 Å². The van der Waals surface area contributed by atoms with Gasteiger partial charge in [-0.1, -0.05) is 6.92 Å². The molecule has 1 aliphatic rings. The summed E-state index contributed by atoms with van der Waals surface area (Å²) >= 11 is 0. The Morgan fingerprint density at radius 2 is 2.33 bits per heavy atom. The number of aromatic nitrogens is 4. The van der Waals surface area contributed by atoms with Crippen LogP contribution in [0.3, 0.4) is 0 Å². The molecular formula is C17H21N5O2. The molecule has 0 aliphatic carbocycles. The smallest absolute Gasteiger partial charge is 0.254 e. The number of nitrogens with zero attached hydrogens (tertiary/aromatic N) is 5. The highest BCUT2D eigenvalue weighted by Crippen LogP contribution is 2.37. The summed E-state index contributed by atoms with van der Waals surface area (Å²) in [6.07, 6.45) is 5.46. The van der Waals surface area contributed by atoms with Crippen LogP contribution in [-0.4, -0.2) is 33.2 Å². The lowest BCUT2D eigenvalue weighted by atomic mass is 9.91. The molecule has 126 valence electrons. The Balaban J connectivity index is 1.80. The molecule has 3 aromatic heterocycles. The Morgan fingerprint density at radius 3 is 3.12 bits per heavy atom. The van der Waals surface area contributed by atoms with Crippen molar-refractivity contribution in [2.45, 2.75) is 32.4 Å². The first kappa shape index (κ1) is 15.1. The van der Waals surface area contributed by atoms with Gasteiger partial charge in [0.15, 0.2) is 0 Å². The third-order valence-corrected chi connectivity index (χ3v) is 4.61. The summed E-state index contributed by atoms with van der Waals surface area (Å²) in [5.74, 6) is 3.22. The summed E-state index contributed by atoms with van der Waals surface area (Å²) in [4.78, 5) is 11.1. The van der Waals surface area contributed by atoms with E-state index in [0.29, 0.717) is 18.3 Å². The molecule has 0 bridgehead atoms. The maximum atomic E-state index is 5.72. The zero-order chi connectivity index (χ0) is 16.5. The molecule has 2 atom stereocenters. The van der Waals surface area contributed by atoms with Crippen molar-refractivity contribution in [1.82, 2.24) is 19.6 Å². The predicted octanol–water partition coefficient (Wildman–Crippen LogP) is 2.84. The van der Waals surface area contributed by atoms with Crippen LogP contribution in [0.15, 0.2) is 35.2 Å². The molecule has 4 heterocycles. The normalized spacial score (nSPS) is 21.5. The zero-order valence-electron chi connectivity index (χ0n) is 13.9. The number of furan rings is 1. The number of anilines is 1. The Hall–Kier alpha value is -2.41. The fourth-order valence-electron chi connectivity index (χ4n) is 3.44. The minimum absolute atomic E-state index is 0.189. The number of rotatable bonds is 4. The van der Waals surface area contributed by atoms with Crippen molar-refractivity contribution in [3.63, 3.8) is 0 Å². The van der Waals surface area contributed by atoms with Gasteiger partial charge in [-0.15, -0.1) is 0 Å². The van der Waals surface area contributed by atoms with Gasteiger partial charge in [-0.2, -0.15) is 14.6 Å². The zero-order valence-corrected chi connectivity index (χ0v) is 13.9. The Bertz CT molecular complexity index is 814. The molecule has 4 rings (SSSR count). The number of fused-ring (bicyclic) bond motifs is 1. The molecule has 1 aliphatic heterocycles. The van der Waals surface area contributed by atoms with Gasteiger partial charge in [0.25, 0.3) is 5.78 Å². The molecule has 0 aromatic carbocycles. The average Bonchev–Trinajstić information content (AvgIpc) is 3.26. The number of hydrogen-bond acceptors (Lipinski definition) is 6. The third-order valence-electron chi connectivity index (χ3n) is 4.61. The highest BCUT2D eigenvalue weighted by atomic mass is 16.5. The number of methoxy groups -OCH3 is 1. The van der Waals surface area contributed by atoms with Crippen molar-refractivity contribution < 1.29 is 9.15 Å². The molecule has 1 saturated heterocycles. The number of ether oxygens (including phenoxy) is 1. The largest absolute Gasteiger partial charge is 0.467 e. The Labute approximate surface area is 140 Å². The second-order valence-corrected chi connectivity index (χ2v) is 6.36. The van der Waals surface area contributed by atoms with Crippen molar-refractivity contribution in [2.24, 2.45) is 5.92 Å². The van der Waals surface area contributed by atoms with Crippen LogP contribution in [0.2, 0.25) is 0 Å². The van der Waals surface area contributed by atoms with Gasteiger partial charge < -0.3 is 14.1 Å². The molecule has 0 N–H and O–H groups in total. The van der Waals surface area contributed by atoms with E-state index in [9.17, 15) is 0 Å². The number of piperidine rings is 1. The monoisotopic (exact) mass is 327 g/mol. The topological polar surface area (TPSA) is 68.7 Å². The quantitative estimate of drug-likeness (QED) is 0.734. The van der Waals surface area contributed by atoms with Crippen molar-refractivity contribution >= 4 is 11.6 Å². The summed E-state index contributed by atoms with van der Waals surface area (Å²) in [5.41, 5.74) is 0.852. The maximum absolute atomic E-state index is 5.72. The first-order valence-corrected chi connectivity index (χ1v) is 8.25. The van der Waals surface area contributed by atoms with Crippen LogP contribution in [0.25, 0.3) is 5.78 Å². The van der Waals surface area contributed by atoms with E-state index in [2.05, 4.69) is 26.9 Å². The molecule has 24 heavy (non-hydrogen) atoms. The third kappa shape index (κ3) is 2.65. The van der Waals surface area contributed by atoms with Gasteiger partial charge in [-0.3, -0.25) is 0 Å². The fourth-order valence-corrected chi connectivity index (χ4v) is 3.44. The Kier molecular flexibility index (Phi) is 3.93. The number of hydrogen-bond donors (Lipinski definition) is 0. The van der Waals surface area contributed by atoms with Crippen LogP contribution in [0, 0.1) is 5.92 Å². The summed E-state index contributed by atoms with van der Waals surface area (Å²) in [6.45, 7) is 3.69. The lowest BCUT2D eigenvalue weighted by Gasteiger charge is -2.38. The van der Waals surface area contributed by atoms with Gasteiger partial charge in [0.2, 0.25) is 0 Å². The van der Waals surface area contributed by atoms with E-state index in [1.807, 2.05) is 18.2 Å². The van der Waals surface area contributed by atoms with Gasteiger partial charge in [0.1, 0.15) is 17.9 Å². The summed E-state index contributed by atoms with van der Waals surface area (Å²) < 4.78 is 12.8. The van der Waals surface area contributed by atoms with E-state index in [-0.39, 0.29) is 6.04 Å². The standard InChI is InChI=1S/C17H21N5O2/c1-12-5-6-21(14(8-12)15-4-3-7-24-15)16-9-13(10-23-2)20-17-18-11-19-22(16)17/h3-4,7,9,11-12,14H,5-6,8,10H2,1-2H3. The fraction of sp³-hybridized carbons (Fsp3) is 0.471. The minimum atomic E-state index is 0.189. The van der Waals surface area contributed by atoms with Crippen LogP contribution in [0.4, 0.5) is 5.82 Å². The molecule has 1 fully saturated rings. The second kappa shape index (κ2) is 6.24. The molecule has 0 spiro atoms. The lowest BCUT2D eigenvalue weighted by Crippen LogP contribution is -2.37. The van der Waals surface area contributed by atoms with E-state index in [0.717, 1.165) is 36.7 Å². The van der Waals surface area contributed by atoms with Gasteiger partial charge in [-0.05, 0) is 30.9 Å². The summed E-state index contributed by atoms with van der Waals surface area (Å²) in [7, 11) is 1.67. The van der Waals surface area contributed by atoms with Gasteiger partial charge in [0, 0.05) is 19.7 Å². The van der Waals surface area contributed by atoms with Gasteiger partial charge in [-0.25, -0.2) is 4.98 Å². The van der Waals surface area contributed by atoms with Crippen LogP contribution in [0.5, 0.6) is 0 Å². The van der Waals surface area contributed by atoms with E-state index < -0.39 is 0 Å². The maximum Gasteiger partial charge on any atom is 0.254 e. The Morgan fingerprint density at radius 1 is 1.42 bits per heavy atom. The van der Waals surface area contributed by atoms with Gasteiger partial charge in [0.05, 0.1) is 24.6 Å². The molecule has 0 radical (unpaired) electrons. The van der Waals surface area contributed by atoms with Gasteiger partial charge >= 0.3 is 0 Å². The first-order chi connectivity index (χ1) is 11.8. The SMILES string of the molecule is COCc1cc(N2CCC(C)CC2c2ccco2)n2ncnc2n1. The lowest BCUT2D eigenvalue weighted by molar-refractivity contribution is 0.181. The molecule has 0 amide bonds. The van der Waals surface area contributed by atoms with Crippen LogP contribution in [0.1, 0.15) is 37.3 Å². The van der Waals surface area contributed by atoms with Crippen molar-refractivity contribution in [3.05, 3.63) is 42.2 Å². The van der Waals surface area contributed by atoms with E-state index in [1.54, 1.807) is 17.9 Å². The highest BCUT2D eigenvalue weighted by Gasteiger charge is 2.31. The summed E-state index contributed by atoms with van der Waals surface area (Å²) in [6, 6.07) is 6.22. The predicted molar refractivity (Wildman–Crippen MR) is 88.7 cm³/mol. The van der Waals surface area contributed by atoms with Crippen LogP contribution >= 0.6 is 0 Å². The second-order valence-electron chi connectivity index (χ2n) is 6.36. The molecule has 3 aromatic rings. The van der Waals surface area contributed by atoms with E-state index >= 15 is 0 Å². The van der Waals surface area contributed by atoms with Crippen molar-refractivity contribution in [2.75, 3.05) is 18.6 Å². The average molecular weight is 327 g/mol. The van der Waals surface area contributed by atoms with Crippen molar-refractivity contribution in [1.29, 1.82) is 0 Å². The molecule has 2 unspecified atom stereocenters. The van der Waals surface area contributed by atoms with Crippen molar-refractivity contribution in [3.8, 4) is 0 Å². The van der Waals surface area contributed by atoms with E-state index in [1.165, 1.54) is 6.33 Å².